The number of urea groups is 1. The lowest BCUT2D eigenvalue weighted by molar-refractivity contribution is -0.139. The summed E-state index contributed by atoms with van der Waals surface area (Å²) in [6, 6.07) is 13.3. The van der Waals surface area contributed by atoms with Gasteiger partial charge in [-0.3, -0.25) is 4.90 Å². The lowest BCUT2D eigenvalue weighted by atomic mass is 9.94. The molecule has 2 aromatic carbocycles. The highest BCUT2D eigenvalue weighted by atomic mass is 16.5. The molecule has 0 saturated carbocycles. The molecule has 2 aromatic rings. The van der Waals surface area contributed by atoms with Crippen LogP contribution in [0.5, 0.6) is 17.2 Å². The fourth-order valence-corrected chi connectivity index (χ4v) is 3.34. The van der Waals surface area contributed by atoms with Crippen LogP contribution in [-0.2, 0) is 9.53 Å². The van der Waals surface area contributed by atoms with E-state index in [9.17, 15) is 9.59 Å². The number of likely N-dealkylation sites (N-methyl/N-ethyl adjacent to an activating group) is 1. The standard InChI is InChI=1S/C23H26N2O6/c1-5-30-22(26)20-17(14-31-19-12-7-6-11-18(19)29-4)25(2)23(27)24-21(20)15-9-8-10-16(13-15)28-3/h6-13,21H,5,14H2,1-4H3,(H,24,27)/t21-/m0/s1. The van der Waals surface area contributed by atoms with Crippen molar-refractivity contribution in [1.29, 1.82) is 0 Å². The summed E-state index contributed by atoms with van der Waals surface area (Å²) < 4.78 is 21.9. The van der Waals surface area contributed by atoms with E-state index < -0.39 is 12.0 Å². The van der Waals surface area contributed by atoms with E-state index in [4.69, 9.17) is 18.9 Å². The molecule has 0 unspecified atom stereocenters. The molecule has 0 saturated heterocycles. The highest BCUT2D eigenvalue weighted by molar-refractivity contribution is 5.95. The number of ether oxygens (including phenoxy) is 4. The predicted octanol–water partition coefficient (Wildman–Crippen LogP) is 3.30. The summed E-state index contributed by atoms with van der Waals surface area (Å²) in [6.07, 6.45) is 0. The molecule has 8 nitrogen and oxygen atoms in total. The van der Waals surface area contributed by atoms with Crippen molar-refractivity contribution in [2.45, 2.75) is 13.0 Å². The molecule has 1 atom stereocenters. The molecule has 1 aliphatic heterocycles. The van der Waals surface area contributed by atoms with Crippen molar-refractivity contribution in [3.8, 4) is 17.2 Å². The van der Waals surface area contributed by atoms with Gasteiger partial charge in [-0.1, -0.05) is 24.3 Å². The third-order valence-corrected chi connectivity index (χ3v) is 4.93. The maximum atomic E-state index is 13.0. The number of hydrogen-bond acceptors (Lipinski definition) is 6. The average Bonchev–Trinajstić information content (AvgIpc) is 2.80. The average molecular weight is 426 g/mol. The maximum Gasteiger partial charge on any atom is 0.338 e. The Labute approximate surface area is 181 Å². The van der Waals surface area contributed by atoms with Gasteiger partial charge in [0.05, 0.1) is 38.1 Å². The van der Waals surface area contributed by atoms with Crippen molar-refractivity contribution in [3.05, 3.63) is 65.4 Å². The van der Waals surface area contributed by atoms with Crippen LogP contribution < -0.4 is 19.5 Å². The zero-order valence-electron chi connectivity index (χ0n) is 18.0. The lowest BCUT2D eigenvalue weighted by Crippen LogP contribution is -2.48. The van der Waals surface area contributed by atoms with Gasteiger partial charge >= 0.3 is 12.0 Å². The van der Waals surface area contributed by atoms with E-state index in [1.54, 1.807) is 58.5 Å². The lowest BCUT2D eigenvalue weighted by Gasteiger charge is -2.34. The molecule has 1 N–H and O–H groups in total. The smallest absolute Gasteiger partial charge is 0.338 e. The number of nitrogens with zero attached hydrogens (tertiary/aromatic N) is 1. The Kier molecular flexibility index (Phi) is 7.02. The molecule has 0 aliphatic carbocycles. The number of rotatable bonds is 8. The molecular formula is C23H26N2O6. The molecule has 0 bridgehead atoms. The normalized spacial score (nSPS) is 15.9. The van der Waals surface area contributed by atoms with Gasteiger partial charge in [0.15, 0.2) is 11.5 Å². The summed E-state index contributed by atoms with van der Waals surface area (Å²) in [6.45, 7) is 1.90. The van der Waals surface area contributed by atoms with Gasteiger partial charge in [0.2, 0.25) is 0 Å². The van der Waals surface area contributed by atoms with Crippen LogP contribution in [0.4, 0.5) is 4.79 Å². The summed E-state index contributed by atoms with van der Waals surface area (Å²) in [7, 11) is 4.68. The summed E-state index contributed by atoms with van der Waals surface area (Å²) in [5, 5.41) is 2.87. The molecule has 0 spiro atoms. The number of benzene rings is 2. The summed E-state index contributed by atoms with van der Waals surface area (Å²) in [5.74, 6) is 1.13. The number of amides is 2. The monoisotopic (exact) mass is 426 g/mol. The van der Waals surface area contributed by atoms with Crippen molar-refractivity contribution in [2.75, 3.05) is 34.5 Å². The topological polar surface area (TPSA) is 86.3 Å². The van der Waals surface area contributed by atoms with Gasteiger partial charge in [-0.25, -0.2) is 9.59 Å². The molecule has 31 heavy (non-hydrogen) atoms. The third kappa shape index (κ3) is 4.74. The second kappa shape index (κ2) is 9.88. The molecule has 0 fully saturated rings. The van der Waals surface area contributed by atoms with Crippen molar-refractivity contribution in [3.63, 3.8) is 0 Å². The molecule has 0 aromatic heterocycles. The fraction of sp³-hybridized carbons (Fsp3) is 0.304. The number of carbonyl (C=O) groups is 2. The van der Waals surface area contributed by atoms with Gasteiger partial charge in [-0.2, -0.15) is 0 Å². The van der Waals surface area contributed by atoms with E-state index in [0.29, 0.717) is 34.1 Å². The second-order valence-corrected chi connectivity index (χ2v) is 6.74. The van der Waals surface area contributed by atoms with Crippen molar-refractivity contribution in [2.24, 2.45) is 0 Å². The highest BCUT2D eigenvalue weighted by Gasteiger charge is 2.37. The Hall–Kier alpha value is -3.68. The van der Waals surface area contributed by atoms with Gasteiger partial charge in [0, 0.05) is 7.05 Å². The third-order valence-electron chi connectivity index (χ3n) is 4.93. The van der Waals surface area contributed by atoms with Crippen molar-refractivity contribution < 1.29 is 28.5 Å². The number of nitrogens with one attached hydrogen (secondary N) is 1. The second-order valence-electron chi connectivity index (χ2n) is 6.74. The minimum absolute atomic E-state index is 0.0289. The minimum atomic E-state index is -0.714. The Morgan fingerprint density at radius 2 is 1.81 bits per heavy atom. The van der Waals surface area contributed by atoms with Gasteiger partial charge in [0.1, 0.15) is 12.4 Å². The fourth-order valence-electron chi connectivity index (χ4n) is 3.34. The highest BCUT2D eigenvalue weighted by Crippen LogP contribution is 2.33. The molecule has 1 aliphatic rings. The van der Waals surface area contributed by atoms with E-state index in [-0.39, 0.29) is 19.2 Å². The zero-order valence-corrected chi connectivity index (χ0v) is 18.0. The number of methoxy groups -OCH3 is 2. The quantitative estimate of drug-likeness (QED) is 0.652. The zero-order chi connectivity index (χ0) is 22.4. The van der Waals surface area contributed by atoms with Crippen LogP contribution in [0, 0.1) is 0 Å². The van der Waals surface area contributed by atoms with Crippen LogP contribution in [-0.4, -0.2) is 51.4 Å². The first-order chi connectivity index (χ1) is 15.0. The van der Waals surface area contributed by atoms with E-state index in [2.05, 4.69) is 5.32 Å². The Bertz CT molecular complexity index is 988. The van der Waals surface area contributed by atoms with Crippen LogP contribution in [0.25, 0.3) is 0 Å². The van der Waals surface area contributed by atoms with Crippen LogP contribution in [0.3, 0.4) is 0 Å². The number of carbonyl (C=O) groups excluding carboxylic acids is 2. The molecule has 3 rings (SSSR count). The molecule has 164 valence electrons. The molecular weight excluding hydrogens is 400 g/mol. The summed E-state index contributed by atoms with van der Waals surface area (Å²) in [4.78, 5) is 27.0. The van der Waals surface area contributed by atoms with Gasteiger partial charge in [-0.15, -0.1) is 0 Å². The molecule has 8 heteroatoms. The molecule has 2 amide bonds. The van der Waals surface area contributed by atoms with Crippen LogP contribution >= 0.6 is 0 Å². The molecule has 1 heterocycles. The summed E-state index contributed by atoms with van der Waals surface area (Å²) >= 11 is 0. The van der Waals surface area contributed by atoms with E-state index >= 15 is 0 Å². The SMILES string of the molecule is CCOC(=O)C1=C(COc2ccccc2OC)N(C)C(=O)N[C@H]1c1cccc(OC)c1. The van der Waals surface area contributed by atoms with E-state index in [1.807, 2.05) is 18.2 Å². The first-order valence-electron chi connectivity index (χ1n) is 9.84. The van der Waals surface area contributed by atoms with E-state index in [0.717, 1.165) is 0 Å². The Morgan fingerprint density at radius 1 is 1.06 bits per heavy atom. The Balaban J connectivity index is 2.05. The van der Waals surface area contributed by atoms with Crippen LogP contribution in [0.15, 0.2) is 59.8 Å². The maximum absolute atomic E-state index is 13.0. The first kappa shape index (κ1) is 22.0. The van der Waals surface area contributed by atoms with Crippen LogP contribution in [0.2, 0.25) is 0 Å². The van der Waals surface area contributed by atoms with Crippen molar-refractivity contribution >= 4 is 12.0 Å². The van der Waals surface area contributed by atoms with Crippen molar-refractivity contribution in [1.82, 2.24) is 10.2 Å². The number of para-hydroxylation sites is 2. The van der Waals surface area contributed by atoms with Crippen LogP contribution in [0.1, 0.15) is 18.5 Å². The first-order valence-corrected chi connectivity index (χ1v) is 9.84. The van der Waals surface area contributed by atoms with E-state index in [1.165, 1.54) is 4.90 Å². The van der Waals surface area contributed by atoms with Gasteiger partial charge < -0.3 is 24.3 Å². The number of hydrogen-bond donors (Lipinski definition) is 1. The summed E-state index contributed by atoms with van der Waals surface area (Å²) in [5.41, 5.74) is 1.40. The Morgan fingerprint density at radius 3 is 2.48 bits per heavy atom. The number of esters is 1. The largest absolute Gasteiger partial charge is 0.497 e. The molecule has 0 radical (unpaired) electrons. The van der Waals surface area contributed by atoms with Gasteiger partial charge in [0.25, 0.3) is 0 Å². The van der Waals surface area contributed by atoms with Gasteiger partial charge in [-0.05, 0) is 36.8 Å². The predicted molar refractivity (Wildman–Crippen MR) is 114 cm³/mol. The minimum Gasteiger partial charge on any atom is -0.497 e.